The molecule has 3 N–H and O–H groups in total. The van der Waals surface area contributed by atoms with Gasteiger partial charge in [0.05, 0.1) is 23.9 Å². The summed E-state index contributed by atoms with van der Waals surface area (Å²) < 4.78 is 40.8. The summed E-state index contributed by atoms with van der Waals surface area (Å²) in [6.45, 7) is 3.89. The van der Waals surface area contributed by atoms with E-state index in [-0.39, 0.29) is 18.5 Å². The second-order valence-electron chi connectivity index (χ2n) is 8.18. The lowest BCUT2D eigenvalue weighted by molar-refractivity contribution is -0.110. The molecule has 0 bridgehead atoms. The number of aromatic nitrogens is 1. The van der Waals surface area contributed by atoms with Crippen molar-refractivity contribution in [3.8, 4) is 11.3 Å². The molecule has 3 aromatic rings. The number of carbonyl (C=O) groups is 1. The second kappa shape index (κ2) is 10.0. The molecule has 2 aromatic carbocycles. The fourth-order valence-corrected chi connectivity index (χ4v) is 3.75. The Hall–Kier alpha value is -2.80. The standard InChI is InChI=1S/C18H14F3N.C6H13NO2/c19-12-6-4-11(5-7-12)17-16(10-2-1-3-10)14-8-13(20)9-15(21)18(14)22-17;1-5(2)6(3-8)7-4-9/h4-10,22H,1-3H2;4-6,8H,3H2,1-2H3,(H,7,9). The summed E-state index contributed by atoms with van der Waals surface area (Å²) in [4.78, 5) is 12.9. The highest BCUT2D eigenvalue weighted by Gasteiger charge is 2.27. The van der Waals surface area contributed by atoms with E-state index in [2.05, 4.69) is 10.3 Å². The number of fused-ring (bicyclic) bond motifs is 1. The van der Waals surface area contributed by atoms with Crippen molar-refractivity contribution in [2.24, 2.45) is 5.92 Å². The van der Waals surface area contributed by atoms with Gasteiger partial charge in [-0.1, -0.05) is 20.3 Å². The molecule has 1 fully saturated rings. The van der Waals surface area contributed by atoms with Crippen LogP contribution in [0.15, 0.2) is 36.4 Å². The SMILES string of the molecule is CC(C)C(CO)NC=O.Fc1ccc(-c2[nH]c3c(F)cc(F)cc3c2C2CCC2)cc1. The number of benzene rings is 2. The number of hydrogen-bond acceptors (Lipinski definition) is 2. The van der Waals surface area contributed by atoms with Crippen LogP contribution in [0, 0.1) is 23.4 Å². The Morgan fingerprint density at radius 1 is 1.13 bits per heavy atom. The fraction of sp³-hybridized carbons (Fsp3) is 0.375. The molecule has 4 rings (SSSR count). The molecule has 4 nitrogen and oxygen atoms in total. The molecule has 1 atom stereocenters. The minimum absolute atomic E-state index is 0.0103. The topological polar surface area (TPSA) is 65.1 Å². The summed E-state index contributed by atoms with van der Waals surface area (Å²) in [6.07, 6.45) is 3.76. The minimum atomic E-state index is -0.594. The zero-order valence-corrected chi connectivity index (χ0v) is 17.6. The lowest BCUT2D eigenvalue weighted by Crippen LogP contribution is -2.35. The monoisotopic (exact) mass is 432 g/mol. The Balaban J connectivity index is 0.000000259. The number of carbonyl (C=O) groups excluding carboxylic acids is 1. The predicted octanol–water partition coefficient (Wildman–Crippen LogP) is 5.27. The maximum atomic E-state index is 14.1. The molecule has 31 heavy (non-hydrogen) atoms. The van der Waals surface area contributed by atoms with Crippen molar-refractivity contribution in [2.45, 2.75) is 45.1 Å². The van der Waals surface area contributed by atoms with E-state index in [1.54, 1.807) is 12.1 Å². The molecular formula is C24H27F3N2O2. The Kier molecular flexibility index (Phi) is 7.38. The van der Waals surface area contributed by atoms with E-state index in [1.165, 1.54) is 18.2 Å². The van der Waals surface area contributed by atoms with Crippen molar-refractivity contribution >= 4 is 17.3 Å². The second-order valence-corrected chi connectivity index (χ2v) is 8.18. The number of aliphatic hydroxyl groups is 1. The van der Waals surface area contributed by atoms with Crippen molar-refractivity contribution < 1.29 is 23.1 Å². The van der Waals surface area contributed by atoms with E-state index in [1.807, 2.05) is 13.8 Å². The molecule has 1 aliphatic carbocycles. The number of hydrogen-bond donors (Lipinski definition) is 3. The largest absolute Gasteiger partial charge is 0.394 e. The first kappa shape index (κ1) is 22.9. The van der Waals surface area contributed by atoms with E-state index in [9.17, 15) is 18.0 Å². The van der Waals surface area contributed by atoms with Crippen molar-refractivity contribution in [3.63, 3.8) is 0 Å². The van der Waals surface area contributed by atoms with Gasteiger partial charge in [-0.2, -0.15) is 0 Å². The van der Waals surface area contributed by atoms with Crippen LogP contribution >= 0.6 is 0 Å². The normalized spacial score (nSPS) is 14.7. The quantitative estimate of drug-likeness (QED) is 0.465. The molecule has 0 saturated heterocycles. The van der Waals surface area contributed by atoms with Crippen LogP contribution in [0.4, 0.5) is 13.2 Å². The van der Waals surface area contributed by atoms with E-state index in [4.69, 9.17) is 5.11 Å². The Morgan fingerprint density at radius 3 is 2.29 bits per heavy atom. The van der Waals surface area contributed by atoms with Crippen LogP contribution in [0.5, 0.6) is 0 Å². The molecule has 1 heterocycles. The third kappa shape index (κ3) is 5.10. The molecular weight excluding hydrogens is 405 g/mol. The molecule has 1 saturated carbocycles. The number of H-pyrrole nitrogens is 1. The lowest BCUT2D eigenvalue weighted by atomic mass is 9.78. The van der Waals surface area contributed by atoms with Gasteiger partial charge in [0, 0.05) is 11.5 Å². The maximum Gasteiger partial charge on any atom is 0.207 e. The summed E-state index contributed by atoms with van der Waals surface area (Å²) in [7, 11) is 0. The summed E-state index contributed by atoms with van der Waals surface area (Å²) in [5, 5.41) is 11.7. The summed E-state index contributed by atoms with van der Waals surface area (Å²) >= 11 is 0. The first-order valence-electron chi connectivity index (χ1n) is 10.4. The minimum Gasteiger partial charge on any atom is -0.394 e. The van der Waals surface area contributed by atoms with Gasteiger partial charge in [0.1, 0.15) is 17.5 Å². The van der Waals surface area contributed by atoms with Crippen LogP contribution in [0.2, 0.25) is 0 Å². The molecule has 1 unspecified atom stereocenters. The van der Waals surface area contributed by atoms with Gasteiger partial charge in [0.25, 0.3) is 0 Å². The predicted molar refractivity (Wildman–Crippen MR) is 115 cm³/mol. The first-order valence-corrected chi connectivity index (χ1v) is 10.4. The van der Waals surface area contributed by atoms with Gasteiger partial charge in [-0.05, 0) is 66.1 Å². The number of rotatable bonds is 6. The van der Waals surface area contributed by atoms with Gasteiger partial charge >= 0.3 is 0 Å². The zero-order valence-electron chi connectivity index (χ0n) is 17.6. The van der Waals surface area contributed by atoms with Gasteiger partial charge in [0.15, 0.2) is 0 Å². The van der Waals surface area contributed by atoms with Crippen molar-refractivity contribution in [3.05, 3.63) is 59.4 Å². The molecule has 7 heteroatoms. The molecule has 1 aliphatic rings. The van der Waals surface area contributed by atoms with Gasteiger partial charge < -0.3 is 15.4 Å². The van der Waals surface area contributed by atoms with Gasteiger partial charge in [-0.3, -0.25) is 4.79 Å². The van der Waals surface area contributed by atoms with Crippen LogP contribution in [-0.2, 0) is 4.79 Å². The van der Waals surface area contributed by atoms with Crippen LogP contribution in [-0.4, -0.2) is 29.1 Å². The molecule has 1 aromatic heterocycles. The molecule has 1 amide bonds. The summed E-state index contributed by atoms with van der Waals surface area (Å²) in [6, 6.07) is 8.26. The number of halogens is 3. The highest BCUT2D eigenvalue weighted by atomic mass is 19.1. The van der Waals surface area contributed by atoms with Crippen molar-refractivity contribution in [2.75, 3.05) is 6.61 Å². The lowest BCUT2D eigenvalue weighted by Gasteiger charge is -2.26. The molecule has 0 radical (unpaired) electrons. The highest BCUT2D eigenvalue weighted by Crippen LogP contribution is 2.45. The average Bonchev–Trinajstić information content (AvgIpc) is 3.05. The van der Waals surface area contributed by atoms with Crippen LogP contribution < -0.4 is 5.32 Å². The molecule has 0 spiro atoms. The number of aromatic amines is 1. The van der Waals surface area contributed by atoms with Crippen molar-refractivity contribution in [1.82, 2.24) is 10.3 Å². The summed E-state index contributed by atoms with van der Waals surface area (Å²) in [5.74, 6) is -0.892. The Morgan fingerprint density at radius 2 is 1.81 bits per heavy atom. The molecule has 0 aliphatic heterocycles. The number of amides is 1. The highest BCUT2D eigenvalue weighted by molar-refractivity contribution is 5.92. The fourth-order valence-electron chi connectivity index (χ4n) is 3.75. The third-order valence-corrected chi connectivity index (χ3v) is 5.79. The Bertz CT molecular complexity index is 1030. The Labute approximate surface area is 179 Å². The number of nitrogens with one attached hydrogen (secondary N) is 2. The van der Waals surface area contributed by atoms with Gasteiger partial charge in [0.2, 0.25) is 6.41 Å². The smallest absolute Gasteiger partial charge is 0.207 e. The van der Waals surface area contributed by atoms with Gasteiger partial charge in [-0.15, -0.1) is 0 Å². The summed E-state index contributed by atoms with van der Waals surface area (Å²) in [5.41, 5.74) is 2.83. The number of aliphatic hydroxyl groups excluding tert-OH is 1. The zero-order chi connectivity index (χ0) is 22.5. The first-order chi connectivity index (χ1) is 14.8. The van der Waals surface area contributed by atoms with Crippen molar-refractivity contribution in [1.29, 1.82) is 0 Å². The van der Waals surface area contributed by atoms with E-state index < -0.39 is 11.6 Å². The van der Waals surface area contributed by atoms with Gasteiger partial charge in [-0.25, -0.2) is 13.2 Å². The van der Waals surface area contributed by atoms with Crippen LogP contribution in [0.3, 0.4) is 0 Å². The third-order valence-electron chi connectivity index (χ3n) is 5.79. The maximum absolute atomic E-state index is 14.1. The van der Waals surface area contributed by atoms with E-state index in [0.29, 0.717) is 29.1 Å². The average molecular weight is 432 g/mol. The molecule has 166 valence electrons. The van der Waals surface area contributed by atoms with Crippen LogP contribution in [0.1, 0.15) is 44.6 Å². The van der Waals surface area contributed by atoms with Crippen LogP contribution in [0.25, 0.3) is 22.2 Å². The van der Waals surface area contributed by atoms with E-state index >= 15 is 0 Å². The van der Waals surface area contributed by atoms with E-state index in [0.717, 1.165) is 42.1 Å².